The smallest absolute Gasteiger partial charge is 0.270 e. The maximum absolute atomic E-state index is 10.6. The first-order valence-corrected chi connectivity index (χ1v) is 5.64. The molecule has 19 heavy (non-hydrogen) atoms. The van der Waals surface area contributed by atoms with Crippen molar-refractivity contribution < 1.29 is 14.8 Å². The number of nitro groups is 1. The summed E-state index contributed by atoms with van der Waals surface area (Å²) in [5.41, 5.74) is 0.204. The average molecular weight is 281 g/mol. The van der Waals surface area contributed by atoms with E-state index in [1.165, 1.54) is 30.6 Å². The van der Waals surface area contributed by atoms with Crippen LogP contribution in [0.25, 0.3) is 0 Å². The maximum Gasteiger partial charge on any atom is 0.270 e. The zero-order valence-corrected chi connectivity index (χ0v) is 10.4. The highest BCUT2D eigenvalue weighted by Crippen LogP contribution is 2.29. The van der Waals surface area contributed by atoms with Gasteiger partial charge in [0.2, 0.25) is 0 Å². The van der Waals surface area contributed by atoms with Gasteiger partial charge in [-0.1, -0.05) is 11.6 Å². The van der Waals surface area contributed by atoms with Crippen molar-refractivity contribution in [3.8, 4) is 11.5 Å². The average Bonchev–Trinajstić information content (AvgIpc) is 2.39. The minimum Gasteiger partial charge on any atom is -0.455 e. The number of aromatic nitrogens is 1. The fourth-order valence-corrected chi connectivity index (χ4v) is 1.64. The Kier molecular flexibility index (Phi) is 3.94. The molecule has 1 aromatic carbocycles. The Balaban J connectivity index is 2.32. The molecule has 0 atom stereocenters. The van der Waals surface area contributed by atoms with Gasteiger partial charge < -0.3 is 9.84 Å². The van der Waals surface area contributed by atoms with E-state index in [2.05, 4.69) is 4.98 Å². The van der Waals surface area contributed by atoms with Crippen molar-refractivity contribution in [1.82, 2.24) is 4.98 Å². The second-order valence-electron chi connectivity index (χ2n) is 3.65. The number of non-ortho nitro benzene ring substituents is 1. The molecule has 1 N–H and O–H groups in total. The minimum absolute atomic E-state index is 0.111. The van der Waals surface area contributed by atoms with E-state index in [0.29, 0.717) is 22.1 Å². The Morgan fingerprint density at radius 2 is 2.16 bits per heavy atom. The predicted octanol–water partition coefficient (Wildman–Crippen LogP) is 2.93. The molecule has 1 heterocycles. The fraction of sp³-hybridized carbons (Fsp3) is 0.0833. The number of aliphatic hydroxyl groups is 1. The number of nitro benzene ring substituents is 1. The van der Waals surface area contributed by atoms with Gasteiger partial charge in [0.15, 0.2) is 0 Å². The zero-order valence-electron chi connectivity index (χ0n) is 9.62. The zero-order chi connectivity index (χ0) is 13.8. The standard InChI is InChI=1S/C12H9ClN2O4/c13-9-4-11(6-14-5-9)19-12-2-1-10(15(17)18)3-8(12)7-16/h1-6,16H,7H2. The van der Waals surface area contributed by atoms with E-state index in [4.69, 9.17) is 16.3 Å². The van der Waals surface area contributed by atoms with Crippen LogP contribution in [0.1, 0.15) is 5.56 Å². The van der Waals surface area contributed by atoms with Crippen molar-refractivity contribution in [2.45, 2.75) is 6.61 Å². The summed E-state index contributed by atoms with van der Waals surface area (Å²) >= 11 is 5.77. The quantitative estimate of drug-likeness (QED) is 0.687. The largest absolute Gasteiger partial charge is 0.455 e. The van der Waals surface area contributed by atoms with Gasteiger partial charge in [-0.15, -0.1) is 0 Å². The van der Waals surface area contributed by atoms with Crippen LogP contribution in [0.5, 0.6) is 11.5 Å². The van der Waals surface area contributed by atoms with Crippen molar-refractivity contribution in [3.63, 3.8) is 0 Å². The lowest BCUT2D eigenvalue weighted by Crippen LogP contribution is -1.95. The first kappa shape index (κ1) is 13.3. The number of pyridine rings is 1. The Morgan fingerprint density at radius 1 is 1.37 bits per heavy atom. The highest BCUT2D eigenvalue weighted by Gasteiger charge is 2.12. The minimum atomic E-state index is -0.538. The van der Waals surface area contributed by atoms with Gasteiger partial charge in [0, 0.05) is 30.0 Å². The van der Waals surface area contributed by atoms with E-state index in [-0.39, 0.29) is 12.3 Å². The van der Waals surface area contributed by atoms with Gasteiger partial charge in [0.25, 0.3) is 5.69 Å². The van der Waals surface area contributed by atoms with E-state index in [9.17, 15) is 15.2 Å². The van der Waals surface area contributed by atoms with Crippen LogP contribution in [0, 0.1) is 10.1 Å². The first-order chi connectivity index (χ1) is 9.10. The fourth-order valence-electron chi connectivity index (χ4n) is 1.48. The van der Waals surface area contributed by atoms with Crippen LogP contribution in [0.15, 0.2) is 36.7 Å². The van der Waals surface area contributed by atoms with E-state index >= 15 is 0 Å². The lowest BCUT2D eigenvalue weighted by molar-refractivity contribution is -0.385. The molecule has 1 aromatic heterocycles. The second kappa shape index (κ2) is 5.64. The third-order valence-electron chi connectivity index (χ3n) is 2.33. The number of hydrogen-bond acceptors (Lipinski definition) is 5. The van der Waals surface area contributed by atoms with E-state index in [0.717, 1.165) is 0 Å². The molecule has 0 amide bonds. The van der Waals surface area contributed by atoms with Crippen LogP contribution >= 0.6 is 11.6 Å². The molecular formula is C12H9ClN2O4. The highest BCUT2D eigenvalue weighted by atomic mass is 35.5. The molecule has 0 spiro atoms. The number of nitrogens with zero attached hydrogens (tertiary/aromatic N) is 2. The molecule has 7 heteroatoms. The summed E-state index contributed by atoms with van der Waals surface area (Å²) in [6.07, 6.45) is 2.91. The van der Waals surface area contributed by atoms with Gasteiger partial charge in [-0.2, -0.15) is 0 Å². The number of halogens is 1. The van der Waals surface area contributed by atoms with Crippen LogP contribution in [-0.4, -0.2) is 15.0 Å². The monoisotopic (exact) mass is 280 g/mol. The van der Waals surface area contributed by atoms with Crippen molar-refractivity contribution in [2.24, 2.45) is 0 Å². The third kappa shape index (κ3) is 3.18. The predicted molar refractivity (Wildman–Crippen MR) is 68.3 cm³/mol. The SMILES string of the molecule is O=[N+]([O-])c1ccc(Oc2cncc(Cl)c2)c(CO)c1. The first-order valence-electron chi connectivity index (χ1n) is 5.26. The molecule has 2 rings (SSSR count). The highest BCUT2D eigenvalue weighted by molar-refractivity contribution is 6.30. The third-order valence-corrected chi connectivity index (χ3v) is 2.54. The van der Waals surface area contributed by atoms with Crippen LogP contribution in [0.3, 0.4) is 0 Å². The molecule has 6 nitrogen and oxygen atoms in total. The Hall–Kier alpha value is -2.18. The van der Waals surface area contributed by atoms with Crippen LogP contribution < -0.4 is 4.74 Å². The van der Waals surface area contributed by atoms with Crippen molar-refractivity contribution >= 4 is 17.3 Å². The summed E-state index contributed by atoms with van der Waals surface area (Å²) in [6, 6.07) is 5.53. The Morgan fingerprint density at radius 3 is 2.79 bits per heavy atom. The van der Waals surface area contributed by atoms with Crippen molar-refractivity contribution in [2.75, 3.05) is 0 Å². The molecule has 0 aliphatic heterocycles. The van der Waals surface area contributed by atoms with E-state index in [1.54, 1.807) is 6.07 Å². The Labute approximate surface area is 113 Å². The normalized spacial score (nSPS) is 10.2. The van der Waals surface area contributed by atoms with Gasteiger partial charge in [-0.25, -0.2) is 0 Å². The lowest BCUT2D eigenvalue weighted by atomic mass is 10.2. The van der Waals surface area contributed by atoms with Crippen molar-refractivity contribution in [3.05, 3.63) is 57.4 Å². The molecule has 0 aliphatic carbocycles. The molecular weight excluding hydrogens is 272 g/mol. The Bertz CT molecular complexity index is 618. The molecule has 0 bridgehead atoms. The van der Waals surface area contributed by atoms with Gasteiger partial charge in [-0.3, -0.25) is 15.1 Å². The summed E-state index contributed by atoms with van der Waals surface area (Å²) in [5.74, 6) is 0.702. The van der Waals surface area contributed by atoms with Gasteiger partial charge in [-0.05, 0) is 6.07 Å². The van der Waals surface area contributed by atoms with E-state index in [1.807, 2.05) is 0 Å². The van der Waals surface area contributed by atoms with Crippen LogP contribution in [0.4, 0.5) is 5.69 Å². The summed E-state index contributed by atoms with van der Waals surface area (Å²) in [6.45, 7) is -0.370. The lowest BCUT2D eigenvalue weighted by Gasteiger charge is -2.09. The van der Waals surface area contributed by atoms with Gasteiger partial charge >= 0.3 is 0 Å². The topological polar surface area (TPSA) is 85.5 Å². The van der Waals surface area contributed by atoms with Crippen LogP contribution in [-0.2, 0) is 6.61 Å². The summed E-state index contributed by atoms with van der Waals surface area (Å²) in [5, 5.41) is 20.3. The molecule has 0 radical (unpaired) electrons. The molecule has 0 fully saturated rings. The number of hydrogen-bond donors (Lipinski definition) is 1. The second-order valence-corrected chi connectivity index (χ2v) is 4.08. The summed E-state index contributed by atoms with van der Waals surface area (Å²) in [4.78, 5) is 14.0. The summed E-state index contributed by atoms with van der Waals surface area (Å²) < 4.78 is 5.49. The van der Waals surface area contributed by atoms with Gasteiger partial charge in [0.05, 0.1) is 22.7 Å². The summed E-state index contributed by atoms with van der Waals surface area (Å²) in [7, 11) is 0. The maximum atomic E-state index is 10.6. The number of rotatable bonds is 4. The van der Waals surface area contributed by atoms with Gasteiger partial charge in [0.1, 0.15) is 11.5 Å². The number of benzene rings is 1. The number of aliphatic hydroxyl groups excluding tert-OH is 1. The molecule has 98 valence electrons. The molecule has 0 aliphatic rings. The molecule has 0 saturated heterocycles. The van der Waals surface area contributed by atoms with Crippen molar-refractivity contribution in [1.29, 1.82) is 0 Å². The molecule has 0 saturated carbocycles. The van der Waals surface area contributed by atoms with Crippen LogP contribution in [0.2, 0.25) is 5.02 Å². The van der Waals surface area contributed by atoms with E-state index < -0.39 is 4.92 Å². The molecule has 0 unspecified atom stereocenters. The number of ether oxygens (including phenoxy) is 1. The molecule has 2 aromatic rings.